The first-order valence-electron chi connectivity index (χ1n) is 5.98. The molecule has 0 aliphatic carbocycles. The number of nitrogens with zero attached hydrogens (tertiary/aromatic N) is 1. The first-order valence-corrected chi connectivity index (χ1v) is 8.21. The van der Waals surface area contributed by atoms with E-state index in [4.69, 9.17) is 10.2 Å². The van der Waals surface area contributed by atoms with Crippen molar-refractivity contribution in [1.82, 2.24) is 4.31 Å². The van der Waals surface area contributed by atoms with E-state index in [2.05, 4.69) is 15.9 Å². The number of rotatable bonds is 7. The number of sulfonamides is 1. The molecule has 112 valence electrons. The number of aromatic carboxylic acids is 1. The lowest BCUT2D eigenvalue weighted by Gasteiger charge is -2.20. The summed E-state index contributed by atoms with van der Waals surface area (Å²) in [5.74, 6) is -1.20. The maximum atomic E-state index is 12.4. The van der Waals surface area contributed by atoms with Gasteiger partial charge in [-0.2, -0.15) is 4.31 Å². The third-order valence-electron chi connectivity index (χ3n) is 2.72. The van der Waals surface area contributed by atoms with E-state index in [1.165, 1.54) is 16.4 Å². The van der Waals surface area contributed by atoms with Gasteiger partial charge >= 0.3 is 5.97 Å². The SMILES string of the molecule is CCN(CCCO)S(=O)(=O)c1ccc(Br)c(C(=O)O)c1. The quantitative estimate of drug-likeness (QED) is 0.763. The van der Waals surface area contributed by atoms with Crippen LogP contribution in [0.3, 0.4) is 0 Å². The van der Waals surface area contributed by atoms with E-state index >= 15 is 0 Å². The molecule has 0 fully saturated rings. The van der Waals surface area contributed by atoms with E-state index in [1.807, 2.05) is 0 Å². The molecule has 20 heavy (non-hydrogen) atoms. The molecule has 0 heterocycles. The summed E-state index contributed by atoms with van der Waals surface area (Å²) in [5, 5.41) is 17.8. The lowest BCUT2D eigenvalue weighted by molar-refractivity contribution is 0.0695. The van der Waals surface area contributed by atoms with Crippen molar-refractivity contribution in [3.05, 3.63) is 28.2 Å². The van der Waals surface area contributed by atoms with Gasteiger partial charge in [0.05, 0.1) is 10.5 Å². The molecule has 0 aromatic heterocycles. The third-order valence-corrected chi connectivity index (χ3v) is 5.39. The smallest absolute Gasteiger partial charge is 0.336 e. The summed E-state index contributed by atoms with van der Waals surface area (Å²) < 4.78 is 26.3. The van der Waals surface area contributed by atoms with Crippen molar-refractivity contribution in [3.63, 3.8) is 0 Å². The van der Waals surface area contributed by atoms with Crippen LogP contribution >= 0.6 is 15.9 Å². The lowest BCUT2D eigenvalue weighted by atomic mass is 10.2. The van der Waals surface area contributed by atoms with Crippen molar-refractivity contribution in [2.45, 2.75) is 18.2 Å². The van der Waals surface area contributed by atoms with E-state index in [0.29, 0.717) is 10.9 Å². The monoisotopic (exact) mass is 365 g/mol. The Bertz CT molecular complexity index is 588. The van der Waals surface area contributed by atoms with E-state index in [9.17, 15) is 13.2 Å². The van der Waals surface area contributed by atoms with Gasteiger partial charge in [-0.15, -0.1) is 0 Å². The molecular formula is C12H16BrNO5S. The van der Waals surface area contributed by atoms with Crippen molar-refractivity contribution in [2.75, 3.05) is 19.7 Å². The van der Waals surface area contributed by atoms with Gasteiger partial charge in [0.15, 0.2) is 0 Å². The Morgan fingerprint density at radius 3 is 2.55 bits per heavy atom. The summed E-state index contributed by atoms with van der Waals surface area (Å²) in [6, 6.07) is 3.88. The van der Waals surface area contributed by atoms with E-state index in [0.717, 1.165) is 6.07 Å². The van der Waals surface area contributed by atoms with Crippen molar-refractivity contribution < 1.29 is 23.4 Å². The summed E-state index contributed by atoms with van der Waals surface area (Å²) in [7, 11) is -3.76. The standard InChI is InChI=1S/C12H16BrNO5S/c1-2-14(6-3-7-15)20(18,19)9-4-5-11(13)10(8-9)12(16)17/h4-5,8,15H,2-3,6-7H2,1H3,(H,16,17). The van der Waals surface area contributed by atoms with Crippen LogP contribution in [0.25, 0.3) is 0 Å². The van der Waals surface area contributed by atoms with Gasteiger partial charge in [0, 0.05) is 24.2 Å². The zero-order valence-corrected chi connectivity index (χ0v) is 13.3. The van der Waals surface area contributed by atoms with Gasteiger partial charge in [-0.25, -0.2) is 13.2 Å². The molecule has 0 aliphatic rings. The van der Waals surface area contributed by atoms with Gasteiger partial charge in [0.1, 0.15) is 0 Å². The minimum atomic E-state index is -3.76. The maximum Gasteiger partial charge on any atom is 0.336 e. The van der Waals surface area contributed by atoms with Gasteiger partial charge in [0.25, 0.3) is 0 Å². The zero-order chi connectivity index (χ0) is 15.3. The lowest BCUT2D eigenvalue weighted by Crippen LogP contribution is -2.32. The molecule has 1 aromatic carbocycles. The van der Waals surface area contributed by atoms with Crippen molar-refractivity contribution in [1.29, 1.82) is 0 Å². The number of benzene rings is 1. The van der Waals surface area contributed by atoms with Gasteiger partial charge in [-0.05, 0) is 40.5 Å². The number of carboxylic acid groups (broad SMARTS) is 1. The molecule has 0 saturated carbocycles. The zero-order valence-electron chi connectivity index (χ0n) is 10.9. The molecule has 2 N–H and O–H groups in total. The van der Waals surface area contributed by atoms with Crippen LogP contribution in [0, 0.1) is 0 Å². The number of carboxylic acids is 1. The Morgan fingerprint density at radius 1 is 1.40 bits per heavy atom. The van der Waals surface area contributed by atoms with Gasteiger partial charge in [-0.3, -0.25) is 0 Å². The molecule has 8 heteroatoms. The average molecular weight is 366 g/mol. The Kier molecular flexibility index (Phi) is 6.12. The summed E-state index contributed by atoms with van der Waals surface area (Å²) in [5.41, 5.74) is -0.107. The number of halogens is 1. The second kappa shape index (κ2) is 7.16. The summed E-state index contributed by atoms with van der Waals surface area (Å²) >= 11 is 3.07. The molecule has 1 rings (SSSR count). The highest BCUT2D eigenvalue weighted by Gasteiger charge is 2.24. The Balaban J connectivity index is 3.20. The van der Waals surface area contributed by atoms with E-state index in [1.54, 1.807) is 6.92 Å². The summed E-state index contributed by atoms with van der Waals surface area (Å²) in [4.78, 5) is 11.0. The molecule has 0 saturated heterocycles. The predicted octanol–water partition coefficient (Wildman–Crippen LogP) is 1.54. The normalized spacial score (nSPS) is 11.8. The minimum Gasteiger partial charge on any atom is -0.478 e. The van der Waals surface area contributed by atoms with Crippen LogP contribution in [0.15, 0.2) is 27.6 Å². The molecule has 1 aromatic rings. The summed E-state index contributed by atoms with van der Waals surface area (Å²) in [6.07, 6.45) is 0.329. The molecular weight excluding hydrogens is 350 g/mol. The van der Waals surface area contributed by atoms with Crippen molar-refractivity contribution >= 4 is 31.9 Å². The summed E-state index contributed by atoms with van der Waals surface area (Å²) in [6.45, 7) is 2.02. The van der Waals surface area contributed by atoms with Crippen LogP contribution in [0.2, 0.25) is 0 Å². The highest BCUT2D eigenvalue weighted by Crippen LogP contribution is 2.23. The van der Waals surface area contributed by atoms with E-state index in [-0.39, 0.29) is 30.2 Å². The van der Waals surface area contributed by atoms with Crippen LogP contribution in [0.1, 0.15) is 23.7 Å². The maximum absolute atomic E-state index is 12.4. The van der Waals surface area contributed by atoms with Crippen LogP contribution in [0.5, 0.6) is 0 Å². The second-order valence-corrected chi connectivity index (χ2v) is 6.81. The Hall–Kier alpha value is -0.960. The largest absolute Gasteiger partial charge is 0.478 e. The topological polar surface area (TPSA) is 94.9 Å². The van der Waals surface area contributed by atoms with Gasteiger partial charge < -0.3 is 10.2 Å². The van der Waals surface area contributed by atoms with Crippen LogP contribution in [-0.2, 0) is 10.0 Å². The average Bonchev–Trinajstić information content (AvgIpc) is 2.39. The fourth-order valence-electron chi connectivity index (χ4n) is 1.67. The van der Waals surface area contributed by atoms with Crippen LogP contribution in [-0.4, -0.2) is 48.6 Å². The first kappa shape index (κ1) is 17.1. The second-order valence-electron chi connectivity index (χ2n) is 4.02. The number of aliphatic hydroxyl groups excluding tert-OH is 1. The Morgan fingerprint density at radius 2 is 2.05 bits per heavy atom. The number of hydrogen-bond acceptors (Lipinski definition) is 4. The number of aliphatic hydroxyl groups is 1. The molecule has 0 aliphatic heterocycles. The minimum absolute atomic E-state index is 0.0714. The van der Waals surface area contributed by atoms with Gasteiger partial charge in [0.2, 0.25) is 10.0 Å². The first-order chi connectivity index (χ1) is 9.34. The van der Waals surface area contributed by atoms with Crippen LogP contribution < -0.4 is 0 Å². The predicted molar refractivity (Wildman–Crippen MR) is 77.2 cm³/mol. The van der Waals surface area contributed by atoms with Crippen LogP contribution in [0.4, 0.5) is 0 Å². The fraction of sp³-hybridized carbons (Fsp3) is 0.417. The van der Waals surface area contributed by atoms with Crippen molar-refractivity contribution in [3.8, 4) is 0 Å². The highest BCUT2D eigenvalue weighted by atomic mass is 79.9. The van der Waals surface area contributed by atoms with E-state index < -0.39 is 16.0 Å². The molecule has 0 radical (unpaired) electrons. The molecule has 0 spiro atoms. The third kappa shape index (κ3) is 3.78. The Labute approximate surface area is 126 Å². The molecule has 0 bridgehead atoms. The molecule has 0 atom stereocenters. The molecule has 0 unspecified atom stereocenters. The van der Waals surface area contributed by atoms with Gasteiger partial charge in [-0.1, -0.05) is 6.92 Å². The number of carbonyl (C=O) groups is 1. The fourth-order valence-corrected chi connectivity index (χ4v) is 3.60. The molecule has 0 amide bonds. The van der Waals surface area contributed by atoms with Crippen molar-refractivity contribution in [2.24, 2.45) is 0 Å². The molecule has 6 nitrogen and oxygen atoms in total. The number of hydrogen-bond donors (Lipinski definition) is 2. The highest BCUT2D eigenvalue weighted by molar-refractivity contribution is 9.10.